The maximum Gasteiger partial charge on any atom is 0.254 e. The molecule has 1 saturated heterocycles. The summed E-state index contributed by atoms with van der Waals surface area (Å²) in [4.78, 5) is 15.2. The van der Waals surface area contributed by atoms with E-state index in [0.29, 0.717) is 30.1 Å². The van der Waals surface area contributed by atoms with Crippen LogP contribution in [0.2, 0.25) is 0 Å². The highest BCUT2D eigenvalue weighted by atomic mass is 32.2. The molecule has 0 N–H and O–H groups in total. The van der Waals surface area contributed by atoms with Gasteiger partial charge in [-0.05, 0) is 26.7 Å². The van der Waals surface area contributed by atoms with E-state index in [2.05, 4.69) is 4.98 Å². The fraction of sp³-hybridized carbons (Fsp3) is 0.636. The van der Waals surface area contributed by atoms with Crippen molar-refractivity contribution in [3.8, 4) is 0 Å². The number of hydrogen-bond acceptors (Lipinski definition) is 5. The number of thiazole rings is 1. The van der Waals surface area contributed by atoms with E-state index in [4.69, 9.17) is 0 Å². The van der Waals surface area contributed by atoms with Gasteiger partial charge in [0.25, 0.3) is 10.0 Å². The van der Waals surface area contributed by atoms with Crippen molar-refractivity contribution < 1.29 is 13.2 Å². The summed E-state index contributed by atoms with van der Waals surface area (Å²) in [5.41, 5.74) is 0. The Labute approximate surface area is 111 Å². The van der Waals surface area contributed by atoms with Crippen molar-refractivity contribution in [1.29, 1.82) is 0 Å². The number of piperidine rings is 1. The molecule has 0 spiro atoms. The number of aromatic nitrogens is 1. The number of rotatable bonds is 3. The van der Waals surface area contributed by atoms with Gasteiger partial charge in [-0.15, -0.1) is 11.3 Å². The van der Waals surface area contributed by atoms with Crippen LogP contribution in [0.4, 0.5) is 0 Å². The zero-order valence-electron chi connectivity index (χ0n) is 10.4. The number of aryl methyl sites for hydroxylation is 1. The molecule has 0 aliphatic carbocycles. The Morgan fingerprint density at radius 2 is 2.06 bits per heavy atom. The van der Waals surface area contributed by atoms with Gasteiger partial charge in [0.1, 0.15) is 5.78 Å². The molecule has 0 bridgehead atoms. The van der Waals surface area contributed by atoms with E-state index in [1.807, 2.05) is 0 Å². The fourth-order valence-corrected chi connectivity index (χ4v) is 4.82. The lowest BCUT2D eigenvalue weighted by Gasteiger charge is -2.29. The van der Waals surface area contributed by atoms with Crippen LogP contribution < -0.4 is 0 Å². The molecule has 0 amide bonds. The number of carbonyl (C=O) groups is 1. The normalized spacial score (nSPS) is 19.0. The van der Waals surface area contributed by atoms with Gasteiger partial charge in [0.15, 0.2) is 4.21 Å². The van der Waals surface area contributed by atoms with Crippen molar-refractivity contribution in [2.45, 2.75) is 30.9 Å². The van der Waals surface area contributed by atoms with Crippen LogP contribution in [0.25, 0.3) is 0 Å². The predicted molar refractivity (Wildman–Crippen MR) is 69.0 cm³/mol. The molecular weight excluding hydrogens is 272 g/mol. The lowest BCUT2D eigenvalue weighted by Crippen LogP contribution is -2.39. The molecule has 1 aromatic heterocycles. The molecule has 1 aliphatic heterocycles. The second-order valence-electron chi connectivity index (χ2n) is 4.49. The Morgan fingerprint density at radius 3 is 2.50 bits per heavy atom. The summed E-state index contributed by atoms with van der Waals surface area (Å²) < 4.78 is 26.3. The van der Waals surface area contributed by atoms with E-state index >= 15 is 0 Å². The summed E-state index contributed by atoms with van der Waals surface area (Å²) in [5.74, 6) is 0.167. The topological polar surface area (TPSA) is 67.3 Å². The Balaban J connectivity index is 2.12. The van der Waals surface area contributed by atoms with Crippen molar-refractivity contribution in [3.63, 3.8) is 0 Å². The molecule has 100 valence electrons. The maximum atomic E-state index is 12.3. The van der Waals surface area contributed by atoms with E-state index in [0.717, 1.165) is 5.01 Å². The predicted octanol–water partition coefficient (Wildman–Crippen LogP) is 1.44. The quantitative estimate of drug-likeness (QED) is 0.844. The number of nitrogens with zero attached hydrogens (tertiary/aromatic N) is 2. The van der Waals surface area contributed by atoms with Crippen LogP contribution in [0, 0.1) is 12.8 Å². The van der Waals surface area contributed by atoms with Crippen molar-refractivity contribution in [2.75, 3.05) is 13.1 Å². The molecule has 0 radical (unpaired) electrons. The van der Waals surface area contributed by atoms with Crippen molar-refractivity contribution in [1.82, 2.24) is 9.29 Å². The third kappa shape index (κ3) is 2.62. The van der Waals surface area contributed by atoms with Crippen molar-refractivity contribution in [3.05, 3.63) is 11.2 Å². The maximum absolute atomic E-state index is 12.3. The summed E-state index contributed by atoms with van der Waals surface area (Å²) in [5, 5.41) is 0.743. The third-order valence-corrected chi connectivity index (χ3v) is 6.47. The average Bonchev–Trinajstić information content (AvgIpc) is 2.76. The summed E-state index contributed by atoms with van der Waals surface area (Å²) in [6.45, 7) is 4.19. The Bertz CT molecular complexity index is 542. The molecule has 2 rings (SSSR count). The van der Waals surface area contributed by atoms with Gasteiger partial charge in [-0.2, -0.15) is 4.31 Å². The minimum atomic E-state index is -3.41. The first kappa shape index (κ1) is 13.6. The van der Waals surface area contributed by atoms with Crippen LogP contribution in [-0.2, 0) is 14.8 Å². The molecule has 1 aromatic rings. The lowest BCUT2D eigenvalue weighted by atomic mass is 9.95. The zero-order chi connectivity index (χ0) is 13.3. The number of ketones is 1. The molecule has 1 aliphatic rings. The highest BCUT2D eigenvalue weighted by molar-refractivity contribution is 7.91. The summed E-state index contributed by atoms with van der Waals surface area (Å²) in [6, 6.07) is 0. The van der Waals surface area contributed by atoms with Gasteiger partial charge < -0.3 is 0 Å². The number of sulfonamides is 1. The van der Waals surface area contributed by atoms with Gasteiger partial charge in [0.05, 0.1) is 11.2 Å². The van der Waals surface area contributed by atoms with Gasteiger partial charge in [-0.25, -0.2) is 13.4 Å². The van der Waals surface area contributed by atoms with Crippen LogP contribution in [0.1, 0.15) is 24.8 Å². The first-order valence-electron chi connectivity index (χ1n) is 5.84. The van der Waals surface area contributed by atoms with E-state index in [1.54, 1.807) is 13.8 Å². The zero-order valence-corrected chi connectivity index (χ0v) is 12.1. The standard InChI is InChI=1S/C11H16N2O3S2/c1-8(14)10-3-5-13(6-4-10)18(15,16)11-7-12-9(2)17-11/h7,10H,3-6H2,1-2H3. The molecule has 2 heterocycles. The molecule has 18 heavy (non-hydrogen) atoms. The molecular formula is C11H16N2O3S2. The number of hydrogen-bond donors (Lipinski definition) is 0. The van der Waals surface area contributed by atoms with E-state index in [1.165, 1.54) is 21.8 Å². The molecule has 5 nitrogen and oxygen atoms in total. The summed E-state index contributed by atoms with van der Waals surface area (Å²) >= 11 is 1.19. The second kappa shape index (κ2) is 5.07. The van der Waals surface area contributed by atoms with Gasteiger partial charge in [0.2, 0.25) is 0 Å². The van der Waals surface area contributed by atoms with Crippen LogP contribution >= 0.6 is 11.3 Å². The highest BCUT2D eigenvalue weighted by Gasteiger charge is 2.31. The Hall–Kier alpha value is -0.790. The van der Waals surface area contributed by atoms with Crippen LogP contribution in [0.5, 0.6) is 0 Å². The van der Waals surface area contributed by atoms with Gasteiger partial charge >= 0.3 is 0 Å². The molecule has 0 unspecified atom stereocenters. The first-order valence-corrected chi connectivity index (χ1v) is 8.10. The minimum absolute atomic E-state index is 0.0136. The monoisotopic (exact) mass is 288 g/mol. The second-order valence-corrected chi connectivity index (χ2v) is 7.89. The van der Waals surface area contributed by atoms with Crippen molar-refractivity contribution >= 4 is 27.1 Å². The lowest BCUT2D eigenvalue weighted by molar-refractivity contribution is -0.121. The molecule has 0 aromatic carbocycles. The summed E-state index contributed by atoms with van der Waals surface area (Å²) in [6.07, 6.45) is 2.64. The van der Waals surface area contributed by atoms with Crippen LogP contribution in [0.15, 0.2) is 10.4 Å². The van der Waals surface area contributed by atoms with E-state index in [-0.39, 0.29) is 11.7 Å². The van der Waals surface area contributed by atoms with Crippen LogP contribution in [-0.4, -0.2) is 36.6 Å². The number of Topliss-reactive ketones (excluding diaryl/α,β-unsaturated/α-hetero) is 1. The number of carbonyl (C=O) groups excluding carboxylic acids is 1. The smallest absolute Gasteiger partial charge is 0.254 e. The van der Waals surface area contributed by atoms with Gasteiger partial charge in [0, 0.05) is 19.0 Å². The molecule has 1 fully saturated rings. The summed E-state index contributed by atoms with van der Waals surface area (Å²) in [7, 11) is -3.41. The fourth-order valence-electron chi connectivity index (χ4n) is 2.09. The molecule has 0 atom stereocenters. The van der Waals surface area contributed by atoms with Gasteiger partial charge in [-0.1, -0.05) is 0 Å². The Morgan fingerprint density at radius 1 is 1.44 bits per heavy atom. The van der Waals surface area contributed by atoms with Gasteiger partial charge in [-0.3, -0.25) is 4.79 Å². The van der Waals surface area contributed by atoms with E-state index in [9.17, 15) is 13.2 Å². The first-order chi connectivity index (χ1) is 8.41. The largest absolute Gasteiger partial charge is 0.300 e. The third-order valence-electron chi connectivity index (χ3n) is 3.22. The average molecular weight is 288 g/mol. The van der Waals surface area contributed by atoms with Crippen LogP contribution in [0.3, 0.4) is 0 Å². The SMILES string of the molecule is CC(=O)C1CCN(S(=O)(=O)c2cnc(C)s2)CC1. The minimum Gasteiger partial charge on any atom is -0.300 e. The molecule has 0 saturated carbocycles. The molecule has 7 heteroatoms. The highest BCUT2D eigenvalue weighted by Crippen LogP contribution is 2.27. The Kier molecular flexibility index (Phi) is 3.84. The van der Waals surface area contributed by atoms with E-state index < -0.39 is 10.0 Å². The van der Waals surface area contributed by atoms with Crippen molar-refractivity contribution in [2.24, 2.45) is 5.92 Å².